The molecule has 1 aromatic rings. The van der Waals surface area contributed by atoms with Crippen LogP contribution in [-0.2, 0) is 16.6 Å². The van der Waals surface area contributed by atoms with Gasteiger partial charge in [0, 0.05) is 19.6 Å². The monoisotopic (exact) mass is 276 g/mol. The van der Waals surface area contributed by atoms with Gasteiger partial charge in [-0.25, -0.2) is 0 Å². The molecule has 0 saturated carbocycles. The van der Waals surface area contributed by atoms with Crippen molar-refractivity contribution in [2.45, 2.75) is 38.6 Å². The van der Waals surface area contributed by atoms with Gasteiger partial charge in [-0.15, -0.1) is 0 Å². The Bertz CT molecular complexity index is 544. The average Bonchev–Trinajstić information content (AvgIpc) is 2.73. The molecule has 0 spiro atoms. The molecule has 0 bridgehead atoms. The second-order valence-electron chi connectivity index (χ2n) is 5.14. The summed E-state index contributed by atoms with van der Waals surface area (Å²) in [6.07, 6.45) is 3.44. The van der Waals surface area contributed by atoms with Crippen molar-refractivity contribution in [2.24, 2.45) is 7.05 Å². The van der Waals surface area contributed by atoms with Gasteiger partial charge in [-0.2, -0.15) is 10.4 Å². The molecule has 1 aromatic heterocycles. The first-order valence-corrected chi connectivity index (χ1v) is 6.85. The van der Waals surface area contributed by atoms with Crippen molar-refractivity contribution in [3.8, 4) is 6.07 Å². The van der Waals surface area contributed by atoms with Gasteiger partial charge in [0.05, 0.1) is 19.2 Å². The van der Waals surface area contributed by atoms with Gasteiger partial charge in [-0.3, -0.25) is 9.48 Å². The van der Waals surface area contributed by atoms with Crippen molar-refractivity contribution in [3.05, 3.63) is 11.3 Å². The summed E-state index contributed by atoms with van der Waals surface area (Å²) in [6, 6.07) is 2.31. The fourth-order valence-corrected chi connectivity index (χ4v) is 2.87. The number of carbonyl (C=O) groups is 1. The first kappa shape index (κ1) is 14.4. The van der Waals surface area contributed by atoms with E-state index in [9.17, 15) is 10.1 Å². The van der Waals surface area contributed by atoms with Crippen LogP contribution in [0.4, 0.5) is 5.82 Å². The van der Waals surface area contributed by atoms with Crippen LogP contribution in [0.2, 0.25) is 0 Å². The summed E-state index contributed by atoms with van der Waals surface area (Å²) in [5.41, 5.74) is 1.33. The number of piperidine rings is 1. The van der Waals surface area contributed by atoms with Crippen molar-refractivity contribution in [1.82, 2.24) is 9.78 Å². The number of rotatable bonds is 3. The van der Waals surface area contributed by atoms with Crippen molar-refractivity contribution >= 4 is 11.8 Å². The number of hydrogen-bond acceptors (Lipinski definition) is 5. The molecular weight excluding hydrogens is 256 g/mol. The van der Waals surface area contributed by atoms with Crippen LogP contribution in [0.3, 0.4) is 0 Å². The Kier molecular flexibility index (Phi) is 4.28. The van der Waals surface area contributed by atoms with E-state index in [-0.39, 0.29) is 12.0 Å². The van der Waals surface area contributed by atoms with Crippen LogP contribution in [0, 0.1) is 18.3 Å². The average molecular weight is 276 g/mol. The molecule has 0 amide bonds. The SMILES string of the molecule is COC(=O)CC1CCCCN1c1c(C#N)c(C)nn1C. The third-order valence-corrected chi connectivity index (χ3v) is 3.83. The van der Waals surface area contributed by atoms with Gasteiger partial charge < -0.3 is 9.64 Å². The number of nitriles is 1. The van der Waals surface area contributed by atoms with Crippen LogP contribution in [0.5, 0.6) is 0 Å². The summed E-state index contributed by atoms with van der Waals surface area (Å²) in [4.78, 5) is 13.7. The lowest BCUT2D eigenvalue weighted by Crippen LogP contribution is -2.42. The molecule has 1 atom stereocenters. The molecule has 1 aliphatic heterocycles. The number of nitrogens with zero attached hydrogens (tertiary/aromatic N) is 4. The molecule has 6 nitrogen and oxygen atoms in total. The minimum atomic E-state index is -0.209. The van der Waals surface area contributed by atoms with Gasteiger partial charge in [-0.1, -0.05) is 0 Å². The fourth-order valence-electron chi connectivity index (χ4n) is 2.87. The maximum Gasteiger partial charge on any atom is 0.307 e. The highest BCUT2D eigenvalue weighted by Crippen LogP contribution is 2.30. The zero-order valence-electron chi connectivity index (χ0n) is 12.2. The molecule has 1 saturated heterocycles. The topological polar surface area (TPSA) is 71.2 Å². The smallest absolute Gasteiger partial charge is 0.307 e. The van der Waals surface area contributed by atoms with E-state index in [1.165, 1.54) is 7.11 Å². The van der Waals surface area contributed by atoms with Gasteiger partial charge in [0.2, 0.25) is 0 Å². The van der Waals surface area contributed by atoms with Crippen LogP contribution in [0.1, 0.15) is 36.9 Å². The quantitative estimate of drug-likeness (QED) is 0.783. The molecule has 6 heteroatoms. The van der Waals surface area contributed by atoms with E-state index in [1.807, 2.05) is 14.0 Å². The maximum atomic E-state index is 11.6. The largest absolute Gasteiger partial charge is 0.469 e. The Balaban J connectivity index is 2.33. The first-order chi connectivity index (χ1) is 9.58. The zero-order chi connectivity index (χ0) is 14.7. The standard InChI is InChI=1S/C14H20N4O2/c1-10-12(9-15)14(17(2)16-10)18-7-5-4-6-11(18)8-13(19)20-3/h11H,4-8H2,1-3H3. The fraction of sp³-hybridized carbons (Fsp3) is 0.643. The van der Waals surface area contributed by atoms with E-state index in [2.05, 4.69) is 16.1 Å². The Morgan fingerprint density at radius 3 is 2.95 bits per heavy atom. The number of anilines is 1. The van der Waals surface area contributed by atoms with E-state index >= 15 is 0 Å². The van der Waals surface area contributed by atoms with E-state index in [4.69, 9.17) is 4.74 Å². The Morgan fingerprint density at radius 1 is 1.55 bits per heavy atom. The maximum absolute atomic E-state index is 11.6. The van der Waals surface area contributed by atoms with Crippen LogP contribution in [0.15, 0.2) is 0 Å². The van der Waals surface area contributed by atoms with E-state index in [1.54, 1.807) is 4.68 Å². The normalized spacial score (nSPS) is 18.7. The molecule has 1 aliphatic rings. The van der Waals surface area contributed by atoms with Crippen molar-refractivity contribution in [1.29, 1.82) is 5.26 Å². The predicted molar refractivity (Wildman–Crippen MR) is 74.3 cm³/mol. The molecule has 2 rings (SSSR count). The predicted octanol–water partition coefficient (Wildman–Crippen LogP) is 1.52. The van der Waals surface area contributed by atoms with Crippen molar-refractivity contribution < 1.29 is 9.53 Å². The molecule has 2 heterocycles. The molecule has 0 aromatic carbocycles. The third kappa shape index (κ3) is 2.62. The number of aryl methyl sites for hydroxylation is 2. The summed E-state index contributed by atoms with van der Waals surface area (Å²) in [5, 5.41) is 13.7. The van der Waals surface area contributed by atoms with Gasteiger partial charge in [0.1, 0.15) is 17.5 Å². The molecular formula is C14H20N4O2. The summed E-state index contributed by atoms with van der Waals surface area (Å²) >= 11 is 0. The number of carbonyl (C=O) groups excluding carboxylic acids is 1. The van der Waals surface area contributed by atoms with Crippen molar-refractivity contribution in [2.75, 3.05) is 18.6 Å². The number of ether oxygens (including phenoxy) is 1. The third-order valence-electron chi connectivity index (χ3n) is 3.83. The van der Waals surface area contributed by atoms with Gasteiger partial charge in [0.25, 0.3) is 0 Å². The van der Waals surface area contributed by atoms with Crippen LogP contribution in [0.25, 0.3) is 0 Å². The molecule has 0 radical (unpaired) electrons. The summed E-state index contributed by atoms with van der Waals surface area (Å²) in [5.74, 6) is 0.609. The lowest BCUT2D eigenvalue weighted by molar-refractivity contribution is -0.141. The van der Waals surface area contributed by atoms with Crippen LogP contribution >= 0.6 is 0 Å². The zero-order valence-corrected chi connectivity index (χ0v) is 12.2. The second kappa shape index (κ2) is 5.95. The Labute approximate surface area is 118 Å². The number of methoxy groups -OCH3 is 1. The molecule has 1 fully saturated rings. The van der Waals surface area contributed by atoms with Gasteiger partial charge in [0.15, 0.2) is 0 Å². The molecule has 0 N–H and O–H groups in total. The van der Waals surface area contributed by atoms with Crippen molar-refractivity contribution in [3.63, 3.8) is 0 Å². The van der Waals surface area contributed by atoms with E-state index in [0.717, 1.165) is 37.3 Å². The Hall–Kier alpha value is -2.03. The van der Waals surface area contributed by atoms with Gasteiger partial charge in [-0.05, 0) is 26.2 Å². The summed E-state index contributed by atoms with van der Waals surface area (Å²) in [7, 11) is 3.25. The highest BCUT2D eigenvalue weighted by atomic mass is 16.5. The summed E-state index contributed by atoms with van der Waals surface area (Å²) in [6.45, 7) is 2.68. The number of aromatic nitrogens is 2. The first-order valence-electron chi connectivity index (χ1n) is 6.85. The number of hydrogen-bond donors (Lipinski definition) is 0. The summed E-state index contributed by atoms with van der Waals surface area (Å²) < 4.78 is 6.52. The highest BCUT2D eigenvalue weighted by molar-refractivity contribution is 5.71. The lowest BCUT2D eigenvalue weighted by Gasteiger charge is -2.36. The van der Waals surface area contributed by atoms with Crippen LogP contribution in [-0.4, -0.2) is 35.4 Å². The van der Waals surface area contributed by atoms with E-state index in [0.29, 0.717) is 12.0 Å². The van der Waals surface area contributed by atoms with E-state index < -0.39 is 0 Å². The molecule has 108 valence electrons. The lowest BCUT2D eigenvalue weighted by atomic mass is 9.99. The van der Waals surface area contributed by atoms with Gasteiger partial charge >= 0.3 is 5.97 Å². The minimum Gasteiger partial charge on any atom is -0.469 e. The second-order valence-corrected chi connectivity index (χ2v) is 5.14. The minimum absolute atomic E-state index is 0.0816. The molecule has 20 heavy (non-hydrogen) atoms. The molecule has 0 aliphatic carbocycles. The molecule has 1 unspecified atom stereocenters. The highest BCUT2D eigenvalue weighted by Gasteiger charge is 2.30. The number of esters is 1. The Morgan fingerprint density at radius 2 is 2.30 bits per heavy atom. The van der Waals surface area contributed by atoms with Crippen LogP contribution < -0.4 is 4.90 Å².